The van der Waals surface area contributed by atoms with Crippen molar-refractivity contribution < 1.29 is 9.53 Å². The summed E-state index contributed by atoms with van der Waals surface area (Å²) in [5, 5.41) is 4.37. The Morgan fingerprint density at radius 2 is 1.43 bits per heavy atom. The number of carbonyl (C=O) groups excluding carboxylic acids is 1. The highest BCUT2D eigenvalue weighted by molar-refractivity contribution is 6.31. The molecule has 0 fully saturated rings. The Morgan fingerprint density at radius 3 is 2.07 bits per heavy atom. The molecule has 3 nitrogen and oxygen atoms in total. The summed E-state index contributed by atoms with van der Waals surface area (Å²) in [6, 6.07) is 22.4. The lowest BCUT2D eigenvalue weighted by atomic mass is 10.1. The highest BCUT2D eigenvalue weighted by atomic mass is 35.5. The molecule has 0 unspecified atom stereocenters. The van der Waals surface area contributed by atoms with Crippen molar-refractivity contribution in [1.82, 2.24) is 5.32 Å². The largest absolute Gasteiger partial charge is 0.489 e. The third-order valence-electron chi connectivity index (χ3n) is 4.33. The van der Waals surface area contributed by atoms with Crippen molar-refractivity contribution in [3.8, 4) is 5.75 Å². The summed E-state index contributed by atoms with van der Waals surface area (Å²) in [6.45, 7) is 0.974. The number of hydrogen-bond acceptors (Lipinski definition) is 2. The van der Waals surface area contributed by atoms with E-state index in [0.29, 0.717) is 29.5 Å². The monoisotopic (exact) mass is 413 g/mol. The molecule has 0 aliphatic rings. The van der Waals surface area contributed by atoms with Gasteiger partial charge in [0.1, 0.15) is 12.4 Å². The van der Waals surface area contributed by atoms with Gasteiger partial charge < -0.3 is 10.1 Å². The maximum Gasteiger partial charge on any atom is 0.251 e. The predicted octanol–water partition coefficient (Wildman–Crippen LogP) is 5.94. The van der Waals surface area contributed by atoms with Crippen LogP contribution in [0.3, 0.4) is 0 Å². The molecule has 0 spiro atoms. The van der Waals surface area contributed by atoms with Gasteiger partial charge in [0.15, 0.2) is 0 Å². The van der Waals surface area contributed by atoms with E-state index >= 15 is 0 Å². The van der Waals surface area contributed by atoms with E-state index in [1.54, 1.807) is 24.3 Å². The first kappa shape index (κ1) is 20.2. The fourth-order valence-electron chi connectivity index (χ4n) is 2.76. The maximum absolute atomic E-state index is 12.3. The van der Waals surface area contributed by atoms with Crippen molar-refractivity contribution in [3.63, 3.8) is 0 Å². The van der Waals surface area contributed by atoms with Gasteiger partial charge in [-0.2, -0.15) is 0 Å². The number of hydrogen-bond donors (Lipinski definition) is 1. The molecule has 5 heteroatoms. The minimum absolute atomic E-state index is 0.100. The average Bonchev–Trinajstić information content (AvgIpc) is 2.72. The smallest absolute Gasteiger partial charge is 0.251 e. The Balaban J connectivity index is 1.44. The van der Waals surface area contributed by atoms with Crippen LogP contribution >= 0.6 is 23.2 Å². The predicted molar refractivity (Wildman–Crippen MR) is 114 cm³/mol. The first-order valence-corrected chi connectivity index (χ1v) is 9.87. The molecule has 1 amide bonds. The molecule has 3 aromatic rings. The second-order valence-electron chi connectivity index (χ2n) is 6.36. The molecule has 0 saturated heterocycles. The number of aryl methyl sites for hydroxylation is 1. The third-order valence-corrected chi connectivity index (χ3v) is 5.07. The van der Waals surface area contributed by atoms with Gasteiger partial charge in [0, 0.05) is 27.7 Å². The Hall–Kier alpha value is -2.49. The maximum atomic E-state index is 12.3. The molecule has 0 atom stereocenters. The molecule has 0 aliphatic carbocycles. The van der Waals surface area contributed by atoms with Crippen LogP contribution in [0.15, 0.2) is 72.8 Å². The summed E-state index contributed by atoms with van der Waals surface area (Å²) in [5.41, 5.74) is 2.62. The molecule has 0 bridgehead atoms. The molecule has 3 aromatic carbocycles. The lowest BCUT2D eigenvalue weighted by Gasteiger charge is -2.09. The van der Waals surface area contributed by atoms with Gasteiger partial charge in [-0.05, 0) is 54.8 Å². The molecule has 1 N–H and O–H groups in total. The van der Waals surface area contributed by atoms with Crippen molar-refractivity contribution in [2.24, 2.45) is 0 Å². The van der Waals surface area contributed by atoms with Crippen LogP contribution in [-0.2, 0) is 13.0 Å². The van der Waals surface area contributed by atoms with Gasteiger partial charge >= 0.3 is 0 Å². The van der Waals surface area contributed by atoms with Crippen LogP contribution in [0.25, 0.3) is 0 Å². The van der Waals surface area contributed by atoms with Crippen LogP contribution in [0.5, 0.6) is 5.75 Å². The molecule has 0 saturated carbocycles. The number of amides is 1. The van der Waals surface area contributed by atoms with Crippen molar-refractivity contribution >= 4 is 29.1 Å². The highest BCUT2D eigenvalue weighted by Crippen LogP contribution is 2.19. The number of ether oxygens (including phenoxy) is 1. The average molecular weight is 414 g/mol. The Bertz CT molecular complexity index is 926. The molecule has 28 heavy (non-hydrogen) atoms. The molecule has 144 valence electrons. The van der Waals surface area contributed by atoms with Crippen LogP contribution in [0.1, 0.15) is 27.9 Å². The summed E-state index contributed by atoms with van der Waals surface area (Å²) in [7, 11) is 0. The van der Waals surface area contributed by atoms with Gasteiger partial charge in [-0.3, -0.25) is 4.79 Å². The second kappa shape index (κ2) is 10.2. The van der Waals surface area contributed by atoms with Crippen molar-refractivity contribution in [3.05, 3.63) is 99.5 Å². The summed E-state index contributed by atoms with van der Waals surface area (Å²) in [4.78, 5) is 12.3. The van der Waals surface area contributed by atoms with Gasteiger partial charge in [-0.25, -0.2) is 0 Å². The first-order valence-electron chi connectivity index (χ1n) is 9.11. The Morgan fingerprint density at radius 1 is 0.821 bits per heavy atom. The quantitative estimate of drug-likeness (QED) is 0.464. The number of benzene rings is 3. The molecule has 0 heterocycles. The van der Waals surface area contributed by atoms with Gasteiger partial charge in [0.25, 0.3) is 5.91 Å². The summed E-state index contributed by atoms with van der Waals surface area (Å²) in [6.07, 6.45) is 1.66. The Labute approximate surface area is 175 Å². The topological polar surface area (TPSA) is 38.3 Å². The second-order valence-corrected chi connectivity index (χ2v) is 7.17. The molecular weight excluding hydrogens is 393 g/mol. The van der Waals surface area contributed by atoms with Crippen LogP contribution in [0.4, 0.5) is 0 Å². The zero-order chi connectivity index (χ0) is 19.8. The van der Waals surface area contributed by atoms with Gasteiger partial charge in [0.05, 0.1) is 0 Å². The van der Waals surface area contributed by atoms with Crippen molar-refractivity contribution in [1.29, 1.82) is 0 Å². The molecule has 0 aromatic heterocycles. The molecule has 0 radical (unpaired) electrons. The van der Waals surface area contributed by atoms with Crippen molar-refractivity contribution in [2.45, 2.75) is 19.4 Å². The van der Waals surface area contributed by atoms with E-state index in [1.807, 2.05) is 48.5 Å². The van der Waals surface area contributed by atoms with E-state index in [1.165, 1.54) is 0 Å². The highest BCUT2D eigenvalue weighted by Gasteiger charge is 2.06. The fourth-order valence-corrected chi connectivity index (χ4v) is 3.18. The molecule has 0 aliphatic heterocycles. The first-order chi connectivity index (χ1) is 13.6. The number of carbonyl (C=O) groups is 1. The van der Waals surface area contributed by atoms with Gasteiger partial charge in [0.2, 0.25) is 0 Å². The van der Waals surface area contributed by atoms with E-state index in [-0.39, 0.29) is 5.91 Å². The third kappa shape index (κ3) is 5.75. The SMILES string of the molecule is O=C(NCCCc1ccccc1Cl)c1ccc(OCc2ccccc2Cl)cc1. The van der Waals surface area contributed by atoms with E-state index in [2.05, 4.69) is 5.32 Å². The van der Waals surface area contributed by atoms with E-state index in [9.17, 15) is 4.79 Å². The zero-order valence-corrected chi connectivity index (χ0v) is 16.8. The van der Waals surface area contributed by atoms with E-state index in [4.69, 9.17) is 27.9 Å². The zero-order valence-electron chi connectivity index (χ0n) is 15.3. The van der Waals surface area contributed by atoms with Crippen molar-refractivity contribution in [2.75, 3.05) is 6.54 Å². The fraction of sp³-hybridized carbons (Fsp3) is 0.174. The Kier molecular flexibility index (Phi) is 7.35. The van der Waals surface area contributed by atoms with Crippen LogP contribution in [0, 0.1) is 0 Å². The normalized spacial score (nSPS) is 10.5. The van der Waals surface area contributed by atoms with Crippen LogP contribution < -0.4 is 10.1 Å². The lowest BCUT2D eigenvalue weighted by molar-refractivity contribution is 0.0953. The standard InChI is InChI=1S/C23H21Cl2NO2/c24-21-9-3-1-6-17(21)8-5-15-26-23(27)18-11-13-20(14-12-18)28-16-19-7-2-4-10-22(19)25/h1-4,6-7,9-14H,5,8,15-16H2,(H,26,27). The number of nitrogens with one attached hydrogen (secondary N) is 1. The molecule has 3 rings (SSSR count). The van der Waals surface area contributed by atoms with E-state index in [0.717, 1.165) is 29.0 Å². The summed E-state index contributed by atoms with van der Waals surface area (Å²) >= 11 is 12.3. The minimum Gasteiger partial charge on any atom is -0.489 e. The van der Waals surface area contributed by atoms with Gasteiger partial charge in [-0.15, -0.1) is 0 Å². The lowest BCUT2D eigenvalue weighted by Crippen LogP contribution is -2.24. The van der Waals surface area contributed by atoms with Gasteiger partial charge in [-0.1, -0.05) is 59.6 Å². The van der Waals surface area contributed by atoms with E-state index < -0.39 is 0 Å². The van der Waals surface area contributed by atoms with Crippen LogP contribution in [0.2, 0.25) is 10.0 Å². The summed E-state index contributed by atoms with van der Waals surface area (Å²) in [5.74, 6) is 0.590. The summed E-state index contributed by atoms with van der Waals surface area (Å²) < 4.78 is 5.74. The number of rotatable bonds is 8. The molecular formula is C23H21Cl2NO2. The minimum atomic E-state index is -0.100. The van der Waals surface area contributed by atoms with Crippen LogP contribution in [-0.4, -0.2) is 12.5 Å². The number of halogens is 2.